The molecule has 0 saturated heterocycles. The molecule has 0 spiro atoms. The molecule has 0 bridgehead atoms. The second-order valence-electron chi connectivity index (χ2n) is 5.54. The van der Waals surface area contributed by atoms with Gasteiger partial charge in [0.05, 0.1) is 0 Å². The molecular weight excluding hydrogens is 302 g/mol. The van der Waals surface area contributed by atoms with Gasteiger partial charge in [-0.2, -0.15) is 0 Å². The quantitative estimate of drug-likeness (QED) is 0.828. The maximum Gasteiger partial charge on any atom is 0.133 e. The number of nitrogens with zero attached hydrogens (tertiary/aromatic N) is 2. The summed E-state index contributed by atoms with van der Waals surface area (Å²) in [5.74, 6) is 1.11. The highest BCUT2D eigenvalue weighted by Gasteiger charge is 2.21. The van der Waals surface area contributed by atoms with E-state index in [4.69, 9.17) is 0 Å². The van der Waals surface area contributed by atoms with Crippen molar-refractivity contribution >= 4 is 21.7 Å². The number of rotatable bonds is 7. The van der Waals surface area contributed by atoms with Crippen molar-refractivity contribution in [3.63, 3.8) is 0 Å². The number of anilines is 1. The van der Waals surface area contributed by atoms with Gasteiger partial charge in [0.25, 0.3) is 0 Å². The average Bonchev–Trinajstić information content (AvgIpc) is 3.20. The molecule has 4 heteroatoms. The topological polar surface area (TPSA) is 28.2 Å². The van der Waals surface area contributed by atoms with Crippen molar-refractivity contribution in [3.05, 3.63) is 22.3 Å². The molecule has 106 valence electrons. The third kappa shape index (κ3) is 4.18. The Morgan fingerprint density at radius 2 is 2.26 bits per heavy atom. The summed E-state index contributed by atoms with van der Waals surface area (Å²) in [6.45, 7) is 5.41. The summed E-state index contributed by atoms with van der Waals surface area (Å²) in [5.41, 5.74) is 1.28. The minimum Gasteiger partial charge on any atom is -0.357 e. The molecule has 1 heterocycles. The van der Waals surface area contributed by atoms with Crippen molar-refractivity contribution < 1.29 is 0 Å². The molecule has 1 aliphatic carbocycles. The van der Waals surface area contributed by atoms with Gasteiger partial charge in [0.1, 0.15) is 5.82 Å². The summed E-state index contributed by atoms with van der Waals surface area (Å²) >= 11 is 3.53. The lowest BCUT2D eigenvalue weighted by Gasteiger charge is -2.28. The van der Waals surface area contributed by atoms with Crippen molar-refractivity contribution in [1.29, 1.82) is 0 Å². The molecule has 1 N–H and O–H groups in total. The maximum absolute atomic E-state index is 4.62. The van der Waals surface area contributed by atoms with Gasteiger partial charge in [-0.3, -0.25) is 0 Å². The minimum absolute atomic E-state index is 0.526. The van der Waals surface area contributed by atoms with Gasteiger partial charge in [0.2, 0.25) is 0 Å². The SMILES string of the molecule is CCCC(C)N(C)c1ncc(Br)cc1CNC1CC1. The largest absolute Gasteiger partial charge is 0.357 e. The Kier molecular flexibility index (Phi) is 5.22. The van der Waals surface area contributed by atoms with Crippen molar-refractivity contribution in [1.82, 2.24) is 10.3 Å². The van der Waals surface area contributed by atoms with Crippen molar-refractivity contribution in [2.75, 3.05) is 11.9 Å². The van der Waals surface area contributed by atoms with Crippen LogP contribution in [0.1, 0.15) is 45.1 Å². The van der Waals surface area contributed by atoms with Crippen LogP contribution in [0.2, 0.25) is 0 Å². The lowest BCUT2D eigenvalue weighted by molar-refractivity contribution is 0.604. The fourth-order valence-corrected chi connectivity index (χ4v) is 2.66. The summed E-state index contributed by atoms with van der Waals surface area (Å²) in [4.78, 5) is 6.92. The van der Waals surface area contributed by atoms with Gasteiger partial charge >= 0.3 is 0 Å². The van der Waals surface area contributed by atoms with Crippen LogP contribution in [0.15, 0.2) is 16.7 Å². The van der Waals surface area contributed by atoms with E-state index in [1.165, 1.54) is 31.2 Å². The van der Waals surface area contributed by atoms with Crippen LogP contribution in [0.4, 0.5) is 5.82 Å². The zero-order valence-electron chi connectivity index (χ0n) is 12.1. The number of hydrogen-bond donors (Lipinski definition) is 1. The second-order valence-corrected chi connectivity index (χ2v) is 6.46. The number of pyridine rings is 1. The summed E-state index contributed by atoms with van der Waals surface area (Å²) in [5, 5.41) is 3.58. The molecule has 1 aromatic rings. The van der Waals surface area contributed by atoms with Gasteiger partial charge < -0.3 is 10.2 Å². The first kappa shape index (κ1) is 14.8. The predicted octanol–water partition coefficient (Wildman–Crippen LogP) is 3.72. The number of halogens is 1. The van der Waals surface area contributed by atoms with E-state index in [9.17, 15) is 0 Å². The monoisotopic (exact) mass is 325 g/mol. The third-order valence-corrected chi connectivity index (χ3v) is 4.20. The molecule has 1 fully saturated rings. The number of aromatic nitrogens is 1. The first-order chi connectivity index (χ1) is 9.11. The van der Waals surface area contributed by atoms with E-state index in [2.05, 4.69) is 58.1 Å². The molecular formula is C15H24BrN3. The Labute approximate surface area is 124 Å². The highest BCUT2D eigenvalue weighted by Crippen LogP contribution is 2.25. The van der Waals surface area contributed by atoms with Crippen LogP contribution in [0.25, 0.3) is 0 Å². The van der Waals surface area contributed by atoms with Crippen molar-refractivity contribution in [2.24, 2.45) is 0 Å². The van der Waals surface area contributed by atoms with Gasteiger partial charge in [-0.25, -0.2) is 4.98 Å². The lowest BCUT2D eigenvalue weighted by atomic mass is 10.1. The molecule has 1 atom stereocenters. The summed E-state index contributed by atoms with van der Waals surface area (Å²) in [6.07, 6.45) is 6.93. The van der Waals surface area contributed by atoms with Crippen molar-refractivity contribution in [2.45, 2.75) is 58.2 Å². The van der Waals surface area contributed by atoms with Gasteiger partial charge in [0.15, 0.2) is 0 Å². The van der Waals surface area contributed by atoms with Crippen LogP contribution >= 0.6 is 15.9 Å². The molecule has 19 heavy (non-hydrogen) atoms. The maximum atomic E-state index is 4.62. The summed E-state index contributed by atoms with van der Waals surface area (Å²) in [6, 6.07) is 3.44. The Morgan fingerprint density at radius 1 is 1.53 bits per heavy atom. The Balaban J connectivity index is 2.11. The lowest BCUT2D eigenvalue weighted by Crippen LogP contribution is -2.31. The smallest absolute Gasteiger partial charge is 0.133 e. The van der Waals surface area contributed by atoms with E-state index in [1.54, 1.807) is 0 Å². The minimum atomic E-state index is 0.526. The second kappa shape index (κ2) is 6.71. The fraction of sp³-hybridized carbons (Fsp3) is 0.667. The normalized spacial score (nSPS) is 16.4. The first-order valence-electron chi connectivity index (χ1n) is 7.22. The van der Waals surface area contributed by atoms with E-state index >= 15 is 0 Å². The highest BCUT2D eigenvalue weighted by atomic mass is 79.9. The van der Waals surface area contributed by atoms with E-state index in [0.29, 0.717) is 6.04 Å². The first-order valence-corrected chi connectivity index (χ1v) is 8.01. The van der Waals surface area contributed by atoms with Gasteiger partial charge in [-0.15, -0.1) is 0 Å². The molecule has 3 nitrogen and oxygen atoms in total. The van der Waals surface area contributed by atoms with Crippen LogP contribution in [-0.2, 0) is 6.54 Å². The van der Waals surface area contributed by atoms with Crippen LogP contribution in [0.5, 0.6) is 0 Å². The molecule has 0 radical (unpaired) electrons. The van der Waals surface area contributed by atoms with Crippen LogP contribution < -0.4 is 10.2 Å². The fourth-order valence-electron chi connectivity index (χ4n) is 2.28. The Bertz CT molecular complexity index is 418. The van der Waals surface area contributed by atoms with Crippen LogP contribution in [0.3, 0.4) is 0 Å². The van der Waals surface area contributed by atoms with Gasteiger partial charge in [-0.05, 0) is 48.2 Å². The van der Waals surface area contributed by atoms with Gasteiger partial charge in [-0.1, -0.05) is 13.3 Å². The average molecular weight is 326 g/mol. The molecule has 1 saturated carbocycles. The van der Waals surface area contributed by atoms with Gasteiger partial charge in [0, 0.05) is 41.9 Å². The third-order valence-electron chi connectivity index (χ3n) is 3.77. The Hall–Kier alpha value is -0.610. The van der Waals surface area contributed by atoms with E-state index in [1.807, 2.05) is 6.20 Å². The highest BCUT2D eigenvalue weighted by molar-refractivity contribution is 9.10. The van der Waals surface area contributed by atoms with Crippen LogP contribution in [0, 0.1) is 0 Å². The molecule has 0 aliphatic heterocycles. The van der Waals surface area contributed by atoms with Crippen LogP contribution in [-0.4, -0.2) is 24.1 Å². The predicted molar refractivity (Wildman–Crippen MR) is 84.6 cm³/mol. The van der Waals surface area contributed by atoms with E-state index in [-0.39, 0.29) is 0 Å². The van der Waals surface area contributed by atoms with E-state index in [0.717, 1.165) is 22.9 Å². The molecule has 0 aromatic carbocycles. The molecule has 1 aromatic heterocycles. The summed E-state index contributed by atoms with van der Waals surface area (Å²) < 4.78 is 1.06. The van der Waals surface area contributed by atoms with Crippen molar-refractivity contribution in [3.8, 4) is 0 Å². The number of hydrogen-bond acceptors (Lipinski definition) is 3. The Morgan fingerprint density at radius 3 is 2.89 bits per heavy atom. The standard InChI is InChI=1S/C15H24BrN3/c1-4-5-11(2)19(3)15-12(8-13(16)10-18-15)9-17-14-6-7-14/h8,10-11,14,17H,4-7,9H2,1-3H3. The zero-order valence-corrected chi connectivity index (χ0v) is 13.7. The molecule has 1 aliphatic rings. The molecule has 1 unspecified atom stereocenters. The summed E-state index contributed by atoms with van der Waals surface area (Å²) in [7, 11) is 2.15. The zero-order chi connectivity index (χ0) is 13.8. The molecule has 2 rings (SSSR count). The van der Waals surface area contributed by atoms with E-state index < -0.39 is 0 Å². The molecule has 0 amide bonds. The number of nitrogens with one attached hydrogen (secondary N) is 1.